The van der Waals surface area contributed by atoms with E-state index in [1.54, 1.807) is 0 Å². The predicted octanol–water partition coefficient (Wildman–Crippen LogP) is 0.226. The van der Waals surface area contributed by atoms with E-state index in [1.807, 2.05) is 0 Å². The summed E-state index contributed by atoms with van der Waals surface area (Å²) in [5, 5.41) is 0. The zero-order valence-electron chi connectivity index (χ0n) is 8.11. The topological polar surface area (TPSA) is 64.8 Å². The minimum absolute atomic E-state index is 0. The standard InChI is InChI=1S/C8H16N2O3.ClH/c9-8(11)13-5-1-2-10-3-6-12-7-4-10;/h1-7H2,(H2,9,11);1H. The lowest BCUT2D eigenvalue weighted by Gasteiger charge is -2.26. The fraction of sp³-hybridized carbons (Fsp3) is 0.875. The van der Waals surface area contributed by atoms with Gasteiger partial charge in [0, 0.05) is 19.6 Å². The Morgan fingerprint density at radius 1 is 1.43 bits per heavy atom. The van der Waals surface area contributed by atoms with E-state index >= 15 is 0 Å². The second kappa shape index (κ2) is 7.84. The van der Waals surface area contributed by atoms with Gasteiger partial charge < -0.3 is 15.2 Å². The number of rotatable bonds is 4. The van der Waals surface area contributed by atoms with Crippen LogP contribution in [0.4, 0.5) is 4.79 Å². The molecule has 6 heteroatoms. The van der Waals surface area contributed by atoms with Crippen molar-refractivity contribution in [3.63, 3.8) is 0 Å². The minimum Gasteiger partial charge on any atom is -0.450 e. The first-order chi connectivity index (χ1) is 6.29. The first-order valence-electron chi connectivity index (χ1n) is 4.51. The molecule has 1 saturated heterocycles. The second-order valence-corrected chi connectivity index (χ2v) is 2.98. The van der Waals surface area contributed by atoms with Crippen LogP contribution in [0.5, 0.6) is 0 Å². The summed E-state index contributed by atoms with van der Waals surface area (Å²) in [7, 11) is 0. The molecule has 0 aromatic heterocycles. The highest BCUT2D eigenvalue weighted by molar-refractivity contribution is 5.85. The van der Waals surface area contributed by atoms with E-state index in [4.69, 9.17) is 10.5 Å². The zero-order chi connectivity index (χ0) is 9.52. The van der Waals surface area contributed by atoms with Crippen molar-refractivity contribution >= 4 is 18.5 Å². The third kappa shape index (κ3) is 6.01. The first kappa shape index (κ1) is 13.5. The number of carbonyl (C=O) groups is 1. The van der Waals surface area contributed by atoms with Gasteiger partial charge in [-0.3, -0.25) is 4.90 Å². The number of ether oxygens (including phenoxy) is 2. The Hall–Kier alpha value is -0.520. The van der Waals surface area contributed by atoms with Crippen LogP contribution < -0.4 is 5.73 Å². The van der Waals surface area contributed by atoms with Crippen LogP contribution in [-0.2, 0) is 9.47 Å². The number of amides is 1. The molecular formula is C8H17ClN2O3. The summed E-state index contributed by atoms with van der Waals surface area (Å²) in [6.45, 7) is 4.89. The molecule has 1 rings (SSSR count). The van der Waals surface area contributed by atoms with Crippen molar-refractivity contribution in [2.45, 2.75) is 6.42 Å². The van der Waals surface area contributed by atoms with Gasteiger partial charge >= 0.3 is 6.09 Å². The Labute approximate surface area is 89.9 Å². The monoisotopic (exact) mass is 224 g/mol. The summed E-state index contributed by atoms with van der Waals surface area (Å²) in [6, 6.07) is 0. The third-order valence-corrected chi connectivity index (χ3v) is 1.97. The molecule has 0 saturated carbocycles. The van der Waals surface area contributed by atoms with E-state index in [2.05, 4.69) is 9.64 Å². The molecule has 2 N–H and O–H groups in total. The van der Waals surface area contributed by atoms with Crippen LogP contribution in [0.15, 0.2) is 0 Å². The van der Waals surface area contributed by atoms with Crippen LogP contribution in [0.2, 0.25) is 0 Å². The Balaban J connectivity index is 0.00000169. The highest BCUT2D eigenvalue weighted by Crippen LogP contribution is 1.97. The molecule has 0 bridgehead atoms. The molecule has 0 aliphatic carbocycles. The average Bonchev–Trinajstić information content (AvgIpc) is 2.14. The van der Waals surface area contributed by atoms with Crippen LogP contribution in [0.3, 0.4) is 0 Å². The van der Waals surface area contributed by atoms with Crippen LogP contribution in [0.25, 0.3) is 0 Å². The molecule has 0 unspecified atom stereocenters. The van der Waals surface area contributed by atoms with E-state index in [1.165, 1.54) is 0 Å². The van der Waals surface area contributed by atoms with Gasteiger partial charge in [0.15, 0.2) is 0 Å². The summed E-state index contributed by atoms with van der Waals surface area (Å²) < 4.78 is 9.81. The van der Waals surface area contributed by atoms with E-state index in [0.29, 0.717) is 6.61 Å². The molecule has 0 atom stereocenters. The number of primary amides is 1. The predicted molar refractivity (Wildman–Crippen MR) is 54.7 cm³/mol. The van der Waals surface area contributed by atoms with E-state index in [-0.39, 0.29) is 12.4 Å². The number of hydrogen-bond acceptors (Lipinski definition) is 4. The van der Waals surface area contributed by atoms with Crippen LogP contribution >= 0.6 is 12.4 Å². The highest BCUT2D eigenvalue weighted by Gasteiger charge is 2.09. The summed E-state index contributed by atoms with van der Waals surface area (Å²) in [5.41, 5.74) is 4.82. The molecule has 1 heterocycles. The van der Waals surface area contributed by atoms with Crippen molar-refractivity contribution in [2.24, 2.45) is 5.73 Å². The molecule has 0 radical (unpaired) electrons. The van der Waals surface area contributed by atoms with Gasteiger partial charge in [-0.15, -0.1) is 12.4 Å². The Kier molecular flexibility index (Phi) is 7.55. The van der Waals surface area contributed by atoms with Crippen molar-refractivity contribution in [1.82, 2.24) is 4.90 Å². The minimum atomic E-state index is -0.693. The summed E-state index contributed by atoms with van der Waals surface area (Å²) >= 11 is 0. The summed E-state index contributed by atoms with van der Waals surface area (Å²) in [5.74, 6) is 0. The van der Waals surface area contributed by atoms with E-state index in [0.717, 1.165) is 39.3 Å². The van der Waals surface area contributed by atoms with Crippen molar-refractivity contribution in [3.8, 4) is 0 Å². The van der Waals surface area contributed by atoms with Gasteiger partial charge in [0.2, 0.25) is 0 Å². The molecule has 0 spiro atoms. The second-order valence-electron chi connectivity index (χ2n) is 2.98. The normalized spacial score (nSPS) is 17.1. The molecule has 1 amide bonds. The van der Waals surface area contributed by atoms with Gasteiger partial charge in [0.1, 0.15) is 0 Å². The van der Waals surface area contributed by atoms with Crippen molar-refractivity contribution in [1.29, 1.82) is 0 Å². The molecule has 84 valence electrons. The molecule has 5 nitrogen and oxygen atoms in total. The number of hydrogen-bond donors (Lipinski definition) is 1. The Morgan fingerprint density at radius 3 is 2.64 bits per heavy atom. The Bertz CT molecular complexity index is 163. The number of halogens is 1. The lowest BCUT2D eigenvalue weighted by molar-refractivity contribution is 0.0347. The maximum atomic E-state index is 10.2. The SMILES string of the molecule is Cl.NC(=O)OCCCN1CCOCC1. The molecular weight excluding hydrogens is 208 g/mol. The van der Waals surface area contributed by atoms with E-state index in [9.17, 15) is 4.79 Å². The van der Waals surface area contributed by atoms with Crippen molar-refractivity contribution in [2.75, 3.05) is 39.5 Å². The molecule has 14 heavy (non-hydrogen) atoms. The van der Waals surface area contributed by atoms with Crippen LogP contribution in [0, 0.1) is 0 Å². The van der Waals surface area contributed by atoms with Gasteiger partial charge in [-0.25, -0.2) is 4.79 Å². The quantitative estimate of drug-likeness (QED) is 0.695. The summed E-state index contributed by atoms with van der Waals surface area (Å²) in [6.07, 6.45) is 0.144. The average molecular weight is 225 g/mol. The van der Waals surface area contributed by atoms with Crippen LogP contribution in [-0.4, -0.2) is 50.4 Å². The van der Waals surface area contributed by atoms with Crippen molar-refractivity contribution in [3.05, 3.63) is 0 Å². The van der Waals surface area contributed by atoms with Gasteiger partial charge in [-0.2, -0.15) is 0 Å². The maximum Gasteiger partial charge on any atom is 0.404 e. The van der Waals surface area contributed by atoms with E-state index < -0.39 is 6.09 Å². The van der Waals surface area contributed by atoms with Crippen LogP contribution in [0.1, 0.15) is 6.42 Å². The molecule has 1 aliphatic rings. The zero-order valence-corrected chi connectivity index (χ0v) is 8.92. The first-order valence-corrected chi connectivity index (χ1v) is 4.51. The fourth-order valence-electron chi connectivity index (χ4n) is 1.29. The van der Waals surface area contributed by atoms with Gasteiger partial charge in [0.05, 0.1) is 19.8 Å². The smallest absolute Gasteiger partial charge is 0.404 e. The third-order valence-electron chi connectivity index (χ3n) is 1.97. The largest absolute Gasteiger partial charge is 0.450 e. The number of morpholine rings is 1. The molecule has 0 aromatic rings. The lowest BCUT2D eigenvalue weighted by Crippen LogP contribution is -2.37. The van der Waals surface area contributed by atoms with Gasteiger partial charge in [0.25, 0.3) is 0 Å². The number of nitrogens with two attached hydrogens (primary N) is 1. The maximum absolute atomic E-state index is 10.2. The lowest BCUT2D eigenvalue weighted by atomic mass is 10.3. The molecule has 0 aromatic carbocycles. The fourth-order valence-corrected chi connectivity index (χ4v) is 1.29. The summed E-state index contributed by atoms with van der Waals surface area (Å²) in [4.78, 5) is 12.5. The highest BCUT2D eigenvalue weighted by atomic mass is 35.5. The van der Waals surface area contributed by atoms with Gasteiger partial charge in [-0.05, 0) is 6.42 Å². The van der Waals surface area contributed by atoms with Gasteiger partial charge in [-0.1, -0.05) is 0 Å². The molecule has 1 aliphatic heterocycles. The Morgan fingerprint density at radius 2 is 2.07 bits per heavy atom. The number of nitrogens with zero attached hydrogens (tertiary/aromatic N) is 1. The number of carbonyl (C=O) groups excluding carboxylic acids is 1. The molecule has 1 fully saturated rings. The van der Waals surface area contributed by atoms with Crippen molar-refractivity contribution < 1.29 is 14.3 Å².